The summed E-state index contributed by atoms with van der Waals surface area (Å²) in [5.41, 5.74) is 2.33. The molecule has 110 valence electrons. The Morgan fingerprint density at radius 3 is 2.62 bits per heavy atom. The number of nitrogens with one attached hydrogen (secondary N) is 1. The molecule has 1 saturated carbocycles. The van der Waals surface area contributed by atoms with Gasteiger partial charge in [-0.25, -0.2) is 0 Å². The molecule has 4 heteroatoms. The fourth-order valence-corrected chi connectivity index (χ4v) is 4.27. The first-order valence-corrected chi connectivity index (χ1v) is 9.07. The van der Waals surface area contributed by atoms with Gasteiger partial charge < -0.3 is 5.32 Å². The number of anilines is 1. The predicted molar refractivity (Wildman–Crippen MR) is 93.8 cm³/mol. The smallest absolute Gasteiger partial charge is 0.0416 e. The van der Waals surface area contributed by atoms with E-state index < -0.39 is 0 Å². The molecule has 1 aromatic heterocycles. The Labute approximate surface area is 138 Å². The molecule has 0 atom stereocenters. The monoisotopic (exact) mass is 362 g/mol. The van der Waals surface area contributed by atoms with E-state index in [9.17, 15) is 0 Å². The highest BCUT2D eigenvalue weighted by atomic mass is 79.9. The molecular formula is C17H19BrN2S. The largest absolute Gasteiger partial charge is 0.381 e. The lowest BCUT2D eigenvalue weighted by molar-refractivity contribution is 0.886. The summed E-state index contributed by atoms with van der Waals surface area (Å²) in [4.78, 5) is 5.56. The molecule has 0 aliphatic heterocycles. The Balaban J connectivity index is 1.54. The Morgan fingerprint density at radius 1 is 1.14 bits per heavy atom. The van der Waals surface area contributed by atoms with Crippen LogP contribution in [0.15, 0.2) is 52.1 Å². The number of nitrogens with zero attached hydrogens (tertiary/aromatic N) is 1. The molecule has 1 aliphatic carbocycles. The average Bonchev–Trinajstić information content (AvgIpc) is 3.00. The van der Waals surface area contributed by atoms with E-state index in [-0.39, 0.29) is 0 Å². The first kappa shape index (κ1) is 14.9. The first-order chi connectivity index (χ1) is 10.3. The number of rotatable bonds is 5. The van der Waals surface area contributed by atoms with Crippen molar-refractivity contribution in [1.29, 1.82) is 0 Å². The predicted octanol–water partition coefficient (Wildman–Crippen LogP) is 5.49. The number of thioether (sulfide) groups is 1. The Hall–Kier alpha value is -1.00. The van der Waals surface area contributed by atoms with E-state index in [2.05, 4.69) is 56.6 Å². The van der Waals surface area contributed by atoms with Gasteiger partial charge in [0.1, 0.15) is 0 Å². The van der Waals surface area contributed by atoms with Gasteiger partial charge in [0.05, 0.1) is 0 Å². The molecule has 0 amide bonds. The van der Waals surface area contributed by atoms with Gasteiger partial charge in [-0.2, -0.15) is 0 Å². The van der Waals surface area contributed by atoms with Crippen LogP contribution < -0.4 is 5.32 Å². The summed E-state index contributed by atoms with van der Waals surface area (Å²) in [5, 5.41) is 4.27. The van der Waals surface area contributed by atoms with Gasteiger partial charge in [-0.1, -0.05) is 12.8 Å². The summed E-state index contributed by atoms with van der Waals surface area (Å²) in [6.45, 7) is 0.793. The molecule has 0 spiro atoms. The average molecular weight is 363 g/mol. The molecule has 1 fully saturated rings. The SMILES string of the molecule is Brc1cncc(CNc2ccc(SC3CCCC3)cc2)c1. The van der Waals surface area contributed by atoms with E-state index in [0.717, 1.165) is 22.0 Å². The normalized spacial score (nSPS) is 15.3. The maximum atomic E-state index is 4.18. The molecule has 2 nitrogen and oxygen atoms in total. The van der Waals surface area contributed by atoms with Crippen LogP contribution in [0.25, 0.3) is 0 Å². The molecule has 1 N–H and O–H groups in total. The number of hydrogen-bond donors (Lipinski definition) is 1. The zero-order valence-corrected chi connectivity index (χ0v) is 14.3. The van der Waals surface area contributed by atoms with Crippen molar-refractivity contribution in [3.63, 3.8) is 0 Å². The second-order valence-corrected chi connectivity index (χ2v) is 7.70. The van der Waals surface area contributed by atoms with Crippen molar-refractivity contribution in [1.82, 2.24) is 4.98 Å². The van der Waals surface area contributed by atoms with Crippen LogP contribution >= 0.6 is 27.7 Å². The van der Waals surface area contributed by atoms with Gasteiger partial charge in [0, 0.05) is 39.2 Å². The zero-order chi connectivity index (χ0) is 14.5. The van der Waals surface area contributed by atoms with Gasteiger partial charge in [-0.3, -0.25) is 4.98 Å². The van der Waals surface area contributed by atoms with Crippen LogP contribution in [-0.4, -0.2) is 10.2 Å². The topological polar surface area (TPSA) is 24.9 Å². The van der Waals surface area contributed by atoms with Crippen LogP contribution in [0.3, 0.4) is 0 Å². The standard InChI is InChI=1S/C17H19BrN2S/c18-14-9-13(10-19-12-14)11-20-15-5-7-17(8-6-15)21-16-3-1-2-4-16/h5-10,12,16,20H,1-4,11H2. The lowest BCUT2D eigenvalue weighted by Crippen LogP contribution is -2.00. The van der Waals surface area contributed by atoms with Crippen LogP contribution in [-0.2, 0) is 6.54 Å². The van der Waals surface area contributed by atoms with E-state index in [4.69, 9.17) is 0 Å². The molecule has 1 heterocycles. The maximum absolute atomic E-state index is 4.18. The quantitative estimate of drug-likeness (QED) is 0.760. The zero-order valence-electron chi connectivity index (χ0n) is 11.9. The lowest BCUT2D eigenvalue weighted by Gasteiger charge is -2.10. The molecule has 1 aromatic carbocycles. The summed E-state index contributed by atoms with van der Waals surface area (Å²) < 4.78 is 1.02. The molecule has 3 rings (SSSR count). The molecule has 0 unspecified atom stereocenters. The van der Waals surface area contributed by atoms with Gasteiger partial charge in [-0.05, 0) is 64.7 Å². The summed E-state index contributed by atoms with van der Waals surface area (Å²) in [5.74, 6) is 0. The van der Waals surface area contributed by atoms with Crippen LogP contribution in [0.1, 0.15) is 31.2 Å². The molecule has 0 saturated heterocycles. The number of benzene rings is 1. The fraction of sp³-hybridized carbons (Fsp3) is 0.353. The third-order valence-corrected chi connectivity index (χ3v) is 5.50. The number of halogens is 1. The highest BCUT2D eigenvalue weighted by Gasteiger charge is 2.15. The van der Waals surface area contributed by atoms with E-state index >= 15 is 0 Å². The van der Waals surface area contributed by atoms with Gasteiger partial charge in [-0.15, -0.1) is 11.8 Å². The highest BCUT2D eigenvalue weighted by Crippen LogP contribution is 2.34. The molecule has 1 aliphatic rings. The molecule has 2 aromatic rings. The minimum Gasteiger partial charge on any atom is -0.381 e. The van der Waals surface area contributed by atoms with Crippen molar-refractivity contribution >= 4 is 33.4 Å². The van der Waals surface area contributed by atoms with Crippen molar-refractivity contribution in [3.05, 3.63) is 52.8 Å². The summed E-state index contributed by atoms with van der Waals surface area (Å²) in [6.07, 6.45) is 9.25. The van der Waals surface area contributed by atoms with Crippen LogP contribution in [0.4, 0.5) is 5.69 Å². The van der Waals surface area contributed by atoms with E-state index in [1.54, 1.807) is 6.20 Å². The molecule has 0 radical (unpaired) electrons. The fourth-order valence-electron chi connectivity index (χ4n) is 2.61. The second-order valence-electron chi connectivity index (χ2n) is 5.41. The number of aromatic nitrogens is 1. The molecular weight excluding hydrogens is 344 g/mol. The molecule has 21 heavy (non-hydrogen) atoms. The van der Waals surface area contributed by atoms with E-state index in [0.29, 0.717) is 0 Å². The van der Waals surface area contributed by atoms with Crippen molar-refractivity contribution in [2.75, 3.05) is 5.32 Å². The highest BCUT2D eigenvalue weighted by molar-refractivity contribution is 9.10. The second kappa shape index (κ2) is 7.32. The van der Waals surface area contributed by atoms with Crippen molar-refractivity contribution in [3.8, 4) is 0 Å². The van der Waals surface area contributed by atoms with E-state index in [1.807, 2.05) is 18.0 Å². The Morgan fingerprint density at radius 2 is 1.90 bits per heavy atom. The minimum absolute atomic E-state index is 0.793. The van der Waals surface area contributed by atoms with Crippen molar-refractivity contribution in [2.24, 2.45) is 0 Å². The number of pyridine rings is 1. The van der Waals surface area contributed by atoms with Gasteiger partial charge in [0.15, 0.2) is 0 Å². The van der Waals surface area contributed by atoms with Gasteiger partial charge in [0.25, 0.3) is 0 Å². The Bertz CT molecular complexity index is 580. The minimum atomic E-state index is 0.793. The lowest BCUT2D eigenvalue weighted by atomic mass is 10.2. The van der Waals surface area contributed by atoms with Crippen LogP contribution in [0, 0.1) is 0 Å². The Kier molecular flexibility index (Phi) is 5.20. The maximum Gasteiger partial charge on any atom is 0.0416 e. The number of hydrogen-bond acceptors (Lipinski definition) is 3. The van der Waals surface area contributed by atoms with Gasteiger partial charge in [0.2, 0.25) is 0 Å². The third-order valence-electron chi connectivity index (χ3n) is 3.72. The third kappa shape index (κ3) is 4.48. The van der Waals surface area contributed by atoms with Crippen LogP contribution in [0.2, 0.25) is 0 Å². The molecule has 0 bridgehead atoms. The van der Waals surface area contributed by atoms with Crippen molar-refractivity contribution in [2.45, 2.75) is 42.4 Å². The van der Waals surface area contributed by atoms with Gasteiger partial charge >= 0.3 is 0 Å². The summed E-state index contributed by atoms with van der Waals surface area (Å²) in [6, 6.07) is 10.9. The van der Waals surface area contributed by atoms with E-state index in [1.165, 1.54) is 36.1 Å². The van der Waals surface area contributed by atoms with Crippen molar-refractivity contribution < 1.29 is 0 Å². The summed E-state index contributed by atoms with van der Waals surface area (Å²) >= 11 is 5.48. The summed E-state index contributed by atoms with van der Waals surface area (Å²) in [7, 11) is 0. The first-order valence-electron chi connectivity index (χ1n) is 7.39. The van der Waals surface area contributed by atoms with Crippen LogP contribution in [0.5, 0.6) is 0 Å².